The van der Waals surface area contributed by atoms with E-state index in [2.05, 4.69) is 5.43 Å². The highest BCUT2D eigenvalue weighted by Gasteiger charge is 2.43. The first kappa shape index (κ1) is 19.8. The smallest absolute Gasteiger partial charge is 0.286 e. The number of aromatic hydroxyl groups is 1. The third-order valence-corrected chi connectivity index (χ3v) is 5.86. The fraction of sp³-hybridized carbons (Fsp3) is 0.0500. The SMILES string of the molecule is CC(=O)N1C(=O)C(=C2SC(=S)N(NC(=O)c3ccc(O)cc3)C2=O)c2ccccc21. The van der Waals surface area contributed by atoms with Crippen molar-refractivity contribution in [3.8, 4) is 5.75 Å². The molecule has 2 heterocycles. The van der Waals surface area contributed by atoms with Gasteiger partial charge in [-0.25, -0.2) is 4.90 Å². The van der Waals surface area contributed by atoms with Gasteiger partial charge in [0.15, 0.2) is 4.32 Å². The zero-order valence-corrected chi connectivity index (χ0v) is 17.0. The van der Waals surface area contributed by atoms with Crippen LogP contribution in [0.1, 0.15) is 22.8 Å². The van der Waals surface area contributed by atoms with Gasteiger partial charge in [-0.1, -0.05) is 30.0 Å². The number of anilines is 1. The molecule has 0 saturated carbocycles. The Morgan fingerprint density at radius 1 is 1.03 bits per heavy atom. The van der Waals surface area contributed by atoms with Crippen LogP contribution in [0.4, 0.5) is 5.69 Å². The maximum absolute atomic E-state index is 13.0. The van der Waals surface area contributed by atoms with Crippen LogP contribution in [0.2, 0.25) is 0 Å². The first-order valence-electron chi connectivity index (χ1n) is 8.64. The van der Waals surface area contributed by atoms with Gasteiger partial charge in [0, 0.05) is 18.1 Å². The molecule has 0 radical (unpaired) electrons. The van der Waals surface area contributed by atoms with E-state index in [1.54, 1.807) is 24.3 Å². The summed E-state index contributed by atoms with van der Waals surface area (Å²) in [5, 5.41) is 10.2. The summed E-state index contributed by atoms with van der Waals surface area (Å²) in [6.45, 7) is 1.26. The number of thiocarbonyl (C=S) groups is 1. The molecule has 1 fully saturated rings. The molecule has 8 nitrogen and oxygen atoms in total. The van der Waals surface area contributed by atoms with Crippen LogP contribution < -0.4 is 10.3 Å². The van der Waals surface area contributed by atoms with Gasteiger partial charge >= 0.3 is 0 Å². The zero-order valence-electron chi connectivity index (χ0n) is 15.4. The lowest BCUT2D eigenvalue weighted by Gasteiger charge is -2.15. The summed E-state index contributed by atoms with van der Waals surface area (Å²) in [5.74, 6) is -2.37. The number of nitrogens with zero attached hydrogens (tertiary/aromatic N) is 2. The third kappa shape index (κ3) is 3.15. The van der Waals surface area contributed by atoms with Gasteiger partial charge in [-0.2, -0.15) is 5.01 Å². The molecule has 0 spiro atoms. The number of amides is 4. The Bertz CT molecular complexity index is 1170. The summed E-state index contributed by atoms with van der Waals surface area (Å²) < 4.78 is 0.0428. The summed E-state index contributed by atoms with van der Waals surface area (Å²) in [6.07, 6.45) is 0. The number of hydrogen-bond acceptors (Lipinski definition) is 7. The van der Waals surface area contributed by atoms with Gasteiger partial charge in [0.1, 0.15) is 5.75 Å². The number of thioether (sulfide) groups is 1. The second-order valence-corrected chi connectivity index (χ2v) is 8.02. The van der Waals surface area contributed by atoms with Crippen molar-refractivity contribution in [1.82, 2.24) is 10.4 Å². The molecule has 2 aromatic carbocycles. The fourth-order valence-corrected chi connectivity index (χ4v) is 4.39. The quantitative estimate of drug-likeness (QED) is 0.546. The highest BCUT2D eigenvalue weighted by atomic mass is 32.2. The minimum atomic E-state index is -0.666. The molecular formula is C20H13N3O5S2. The van der Waals surface area contributed by atoms with Gasteiger partial charge in [-0.05, 0) is 42.5 Å². The van der Waals surface area contributed by atoms with Crippen LogP contribution in [-0.4, -0.2) is 38.1 Å². The van der Waals surface area contributed by atoms with E-state index >= 15 is 0 Å². The van der Waals surface area contributed by atoms with Crippen molar-refractivity contribution < 1.29 is 24.3 Å². The molecule has 4 amide bonds. The second-order valence-electron chi connectivity index (χ2n) is 6.38. The van der Waals surface area contributed by atoms with Crippen molar-refractivity contribution in [2.24, 2.45) is 0 Å². The highest BCUT2D eigenvalue weighted by Crippen LogP contribution is 2.44. The molecule has 150 valence electrons. The largest absolute Gasteiger partial charge is 0.508 e. The van der Waals surface area contributed by atoms with Gasteiger partial charge in [0.05, 0.1) is 16.2 Å². The van der Waals surface area contributed by atoms with Gasteiger partial charge in [0.25, 0.3) is 17.7 Å². The van der Waals surface area contributed by atoms with E-state index in [-0.39, 0.29) is 26.1 Å². The van der Waals surface area contributed by atoms with Gasteiger partial charge in [-0.3, -0.25) is 24.6 Å². The lowest BCUT2D eigenvalue weighted by Crippen LogP contribution is -2.45. The zero-order chi connectivity index (χ0) is 21.6. The topological polar surface area (TPSA) is 107 Å². The average molecular weight is 439 g/mol. The highest BCUT2D eigenvalue weighted by molar-refractivity contribution is 8.26. The molecule has 0 atom stereocenters. The normalized spacial score (nSPS) is 18.1. The number of fused-ring (bicyclic) bond motifs is 1. The number of phenolic OH excluding ortho intramolecular Hbond substituents is 1. The number of carbonyl (C=O) groups excluding carboxylic acids is 4. The molecule has 30 heavy (non-hydrogen) atoms. The van der Waals surface area contributed by atoms with E-state index in [4.69, 9.17) is 12.2 Å². The third-order valence-electron chi connectivity index (χ3n) is 4.49. The first-order valence-corrected chi connectivity index (χ1v) is 9.87. The van der Waals surface area contributed by atoms with E-state index < -0.39 is 23.6 Å². The first-order chi connectivity index (χ1) is 14.3. The Morgan fingerprint density at radius 3 is 2.37 bits per heavy atom. The number of nitrogens with one attached hydrogen (secondary N) is 1. The maximum atomic E-state index is 13.0. The number of carbonyl (C=O) groups is 4. The van der Waals surface area contributed by atoms with Crippen LogP contribution in [0.15, 0.2) is 53.4 Å². The fourth-order valence-electron chi connectivity index (χ4n) is 3.14. The monoisotopic (exact) mass is 439 g/mol. The number of benzene rings is 2. The molecule has 4 rings (SSSR count). The average Bonchev–Trinajstić information content (AvgIpc) is 3.15. The van der Waals surface area contributed by atoms with E-state index in [9.17, 15) is 24.3 Å². The van der Waals surface area contributed by atoms with Crippen LogP contribution in [0, 0.1) is 0 Å². The van der Waals surface area contributed by atoms with Crippen molar-refractivity contribution >= 4 is 63.2 Å². The lowest BCUT2D eigenvalue weighted by molar-refractivity contribution is -0.125. The van der Waals surface area contributed by atoms with Crippen molar-refractivity contribution in [3.63, 3.8) is 0 Å². The van der Waals surface area contributed by atoms with Crippen molar-refractivity contribution in [2.75, 3.05) is 4.90 Å². The van der Waals surface area contributed by atoms with Gasteiger partial charge < -0.3 is 5.11 Å². The van der Waals surface area contributed by atoms with E-state index in [0.29, 0.717) is 11.3 Å². The van der Waals surface area contributed by atoms with Crippen molar-refractivity contribution in [3.05, 3.63) is 64.6 Å². The molecule has 0 unspecified atom stereocenters. The standard InChI is InChI=1S/C20H13N3O5S2/c1-10(24)22-14-5-3-2-4-13(14)15(18(22)27)16-19(28)23(20(29)30-16)21-17(26)11-6-8-12(25)9-7-11/h2-9,25H,1H3,(H,21,26). The minimum Gasteiger partial charge on any atom is -0.508 e. The van der Waals surface area contributed by atoms with E-state index in [1.807, 2.05) is 0 Å². The van der Waals surface area contributed by atoms with Crippen LogP contribution in [0.5, 0.6) is 5.75 Å². The molecule has 2 N–H and O–H groups in total. The second kappa shape index (κ2) is 7.39. The summed E-state index contributed by atoms with van der Waals surface area (Å²) in [4.78, 5) is 51.4. The van der Waals surface area contributed by atoms with E-state index in [0.717, 1.165) is 21.7 Å². The summed E-state index contributed by atoms with van der Waals surface area (Å²) in [5.41, 5.74) is 3.53. The van der Waals surface area contributed by atoms with E-state index in [1.165, 1.54) is 31.2 Å². The Morgan fingerprint density at radius 2 is 1.70 bits per heavy atom. The van der Waals surface area contributed by atoms with Gasteiger partial charge in [-0.15, -0.1) is 0 Å². The number of para-hydroxylation sites is 1. The molecule has 1 saturated heterocycles. The molecule has 2 aliphatic rings. The molecule has 2 aromatic rings. The predicted molar refractivity (Wildman–Crippen MR) is 114 cm³/mol. The number of rotatable bonds is 2. The summed E-state index contributed by atoms with van der Waals surface area (Å²) >= 11 is 6.10. The number of hydrogen-bond donors (Lipinski definition) is 2. The molecule has 10 heteroatoms. The number of phenols is 1. The number of imide groups is 1. The maximum Gasteiger partial charge on any atom is 0.286 e. The predicted octanol–water partition coefficient (Wildman–Crippen LogP) is 2.20. The Labute approximate surface area is 180 Å². The Hall–Kier alpha value is -3.50. The molecule has 0 aliphatic carbocycles. The number of hydrazine groups is 1. The van der Waals surface area contributed by atoms with Crippen molar-refractivity contribution in [2.45, 2.75) is 6.92 Å². The molecule has 2 aliphatic heterocycles. The Kier molecular flexibility index (Phi) is 4.88. The molecular weight excluding hydrogens is 426 g/mol. The summed E-state index contributed by atoms with van der Waals surface area (Å²) in [7, 11) is 0. The van der Waals surface area contributed by atoms with Gasteiger partial charge in [0.2, 0.25) is 5.91 Å². The van der Waals surface area contributed by atoms with Crippen LogP contribution in [0.25, 0.3) is 5.57 Å². The van der Waals surface area contributed by atoms with Crippen LogP contribution in [0.3, 0.4) is 0 Å². The molecule has 0 bridgehead atoms. The van der Waals surface area contributed by atoms with Crippen LogP contribution in [-0.2, 0) is 14.4 Å². The summed E-state index contributed by atoms with van der Waals surface area (Å²) in [6, 6.07) is 12.1. The van der Waals surface area contributed by atoms with Crippen LogP contribution >= 0.6 is 24.0 Å². The lowest BCUT2D eigenvalue weighted by atomic mass is 10.1. The van der Waals surface area contributed by atoms with Crippen molar-refractivity contribution in [1.29, 1.82) is 0 Å². The Balaban J connectivity index is 1.69. The molecule has 0 aromatic heterocycles. The minimum absolute atomic E-state index is 0.00432.